The Labute approximate surface area is 149 Å². The van der Waals surface area contributed by atoms with E-state index in [1.807, 2.05) is 12.1 Å². The summed E-state index contributed by atoms with van der Waals surface area (Å²) in [5, 5.41) is 3.42. The SMILES string of the molecule is COC(=O)C1(F)CCCC1.c1ccc(CNCc2ccccc2)cc1. The Hall–Kier alpha value is -2.20. The maximum Gasteiger partial charge on any atom is 0.343 e. The third-order valence-electron chi connectivity index (χ3n) is 4.29. The fourth-order valence-electron chi connectivity index (χ4n) is 2.87. The lowest BCUT2D eigenvalue weighted by Gasteiger charge is -2.14. The fraction of sp³-hybridized carbons (Fsp3) is 0.381. The Balaban J connectivity index is 0.000000196. The molecule has 0 aromatic heterocycles. The third-order valence-corrected chi connectivity index (χ3v) is 4.29. The van der Waals surface area contributed by atoms with Gasteiger partial charge in [0, 0.05) is 13.1 Å². The number of hydrogen-bond donors (Lipinski definition) is 1. The van der Waals surface area contributed by atoms with Crippen LogP contribution in [-0.4, -0.2) is 18.7 Å². The Morgan fingerprint density at radius 1 is 0.960 bits per heavy atom. The van der Waals surface area contributed by atoms with Crippen LogP contribution in [0.1, 0.15) is 36.8 Å². The topological polar surface area (TPSA) is 38.3 Å². The van der Waals surface area contributed by atoms with Crippen molar-refractivity contribution in [1.82, 2.24) is 5.32 Å². The summed E-state index contributed by atoms with van der Waals surface area (Å²) in [7, 11) is 1.22. The van der Waals surface area contributed by atoms with E-state index in [0.29, 0.717) is 12.8 Å². The van der Waals surface area contributed by atoms with E-state index in [2.05, 4.69) is 58.6 Å². The van der Waals surface area contributed by atoms with E-state index in [0.717, 1.165) is 25.9 Å². The highest BCUT2D eigenvalue weighted by Gasteiger charge is 2.42. The third kappa shape index (κ3) is 6.31. The number of alkyl halides is 1. The van der Waals surface area contributed by atoms with E-state index in [1.165, 1.54) is 18.2 Å². The average molecular weight is 343 g/mol. The molecular formula is C21H26FNO2. The predicted octanol–water partition coefficient (Wildman–Crippen LogP) is 4.42. The Morgan fingerprint density at radius 2 is 1.40 bits per heavy atom. The average Bonchev–Trinajstić information content (AvgIpc) is 3.11. The Kier molecular flexibility index (Phi) is 7.61. The molecule has 0 radical (unpaired) electrons. The first kappa shape index (κ1) is 19.1. The number of ether oxygens (including phenoxy) is 1. The van der Waals surface area contributed by atoms with Gasteiger partial charge in [-0.05, 0) is 36.8 Å². The monoisotopic (exact) mass is 343 g/mol. The molecule has 0 aliphatic heterocycles. The van der Waals surface area contributed by atoms with Crippen LogP contribution in [0.4, 0.5) is 4.39 Å². The van der Waals surface area contributed by atoms with Crippen LogP contribution in [0.15, 0.2) is 60.7 Å². The molecule has 0 saturated heterocycles. The zero-order valence-electron chi connectivity index (χ0n) is 14.7. The molecule has 1 N–H and O–H groups in total. The first-order valence-electron chi connectivity index (χ1n) is 8.70. The molecule has 0 spiro atoms. The molecule has 4 heteroatoms. The van der Waals surface area contributed by atoms with E-state index in [9.17, 15) is 9.18 Å². The van der Waals surface area contributed by atoms with Crippen molar-refractivity contribution in [3.05, 3.63) is 71.8 Å². The standard InChI is InChI=1S/C14H15N.C7H11FO2/c1-3-7-13(8-4-1)11-15-12-14-9-5-2-6-10-14;1-10-6(9)7(8)4-2-3-5-7/h1-10,15H,11-12H2;2-5H2,1H3. The van der Waals surface area contributed by atoms with Crippen LogP contribution in [0, 0.1) is 0 Å². The minimum Gasteiger partial charge on any atom is -0.467 e. The van der Waals surface area contributed by atoms with Crippen molar-refractivity contribution < 1.29 is 13.9 Å². The molecular weight excluding hydrogens is 317 g/mol. The quantitative estimate of drug-likeness (QED) is 0.817. The van der Waals surface area contributed by atoms with E-state index in [1.54, 1.807) is 0 Å². The number of halogens is 1. The van der Waals surface area contributed by atoms with Crippen molar-refractivity contribution in [2.45, 2.75) is 44.4 Å². The van der Waals surface area contributed by atoms with Gasteiger partial charge in [0.2, 0.25) is 5.67 Å². The minimum absolute atomic E-state index is 0.333. The van der Waals surface area contributed by atoms with Crippen LogP contribution in [-0.2, 0) is 22.6 Å². The van der Waals surface area contributed by atoms with Gasteiger partial charge in [-0.2, -0.15) is 0 Å². The molecule has 0 unspecified atom stereocenters. The summed E-state index contributed by atoms with van der Waals surface area (Å²) in [4.78, 5) is 10.7. The van der Waals surface area contributed by atoms with Crippen LogP contribution in [0.5, 0.6) is 0 Å². The second kappa shape index (κ2) is 9.94. The molecule has 0 bridgehead atoms. The van der Waals surface area contributed by atoms with Gasteiger partial charge < -0.3 is 10.1 Å². The van der Waals surface area contributed by atoms with Gasteiger partial charge in [-0.15, -0.1) is 0 Å². The molecule has 2 aromatic carbocycles. The van der Waals surface area contributed by atoms with Crippen molar-refractivity contribution in [2.75, 3.05) is 7.11 Å². The molecule has 2 aromatic rings. The van der Waals surface area contributed by atoms with Crippen molar-refractivity contribution in [3.8, 4) is 0 Å². The number of benzene rings is 2. The second-order valence-corrected chi connectivity index (χ2v) is 6.24. The molecule has 1 aliphatic carbocycles. The summed E-state index contributed by atoms with van der Waals surface area (Å²) in [6.45, 7) is 1.85. The molecule has 1 fully saturated rings. The molecule has 25 heavy (non-hydrogen) atoms. The molecule has 0 atom stereocenters. The molecule has 1 saturated carbocycles. The zero-order chi connectivity index (χ0) is 18.0. The second-order valence-electron chi connectivity index (χ2n) is 6.24. The first-order valence-corrected chi connectivity index (χ1v) is 8.70. The molecule has 0 heterocycles. The van der Waals surface area contributed by atoms with Crippen LogP contribution in [0.2, 0.25) is 0 Å². The van der Waals surface area contributed by atoms with Gasteiger partial charge >= 0.3 is 5.97 Å². The van der Waals surface area contributed by atoms with Crippen molar-refractivity contribution in [2.24, 2.45) is 0 Å². The van der Waals surface area contributed by atoms with E-state index in [-0.39, 0.29) is 0 Å². The molecule has 3 nitrogen and oxygen atoms in total. The zero-order valence-corrected chi connectivity index (χ0v) is 14.7. The molecule has 3 rings (SSSR count). The number of methoxy groups -OCH3 is 1. The number of hydrogen-bond acceptors (Lipinski definition) is 3. The summed E-state index contributed by atoms with van der Waals surface area (Å²) in [6.07, 6.45) is 2.26. The van der Waals surface area contributed by atoms with Crippen molar-refractivity contribution >= 4 is 5.97 Å². The normalized spacial score (nSPS) is 15.1. The Bertz CT molecular complexity index is 585. The summed E-state index contributed by atoms with van der Waals surface area (Å²) in [5.74, 6) is -0.704. The molecule has 1 aliphatic rings. The molecule has 0 amide bonds. The van der Waals surface area contributed by atoms with Crippen LogP contribution < -0.4 is 5.32 Å². The number of nitrogens with one attached hydrogen (secondary N) is 1. The highest BCUT2D eigenvalue weighted by atomic mass is 19.1. The largest absolute Gasteiger partial charge is 0.467 e. The summed E-state index contributed by atoms with van der Waals surface area (Å²) in [6, 6.07) is 20.9. The van der Waals surface area contributed by atoms with Gasteiger partial charge in [0.25, 0.3) is 0 Å². The molecule has 134 valence electrons. The number of rotatable bonds is 5. The lowest BCUT2D eigenvalue weighted by Crippen LogP contribution is -2.31. The number of esters is 1. The lowest BCUT2D eigenvalue weighted by atomic mass is 10.1. The van der Waals surface area contributed by atoms with Crippen LogP contribution in [0.25, 0.3) is 0 Å². The highest BCUT2D eigenvalue weighted by molar-refractivity contribution is 5.79. The Morgan fingerprint density at radius 3 is 1.80 bits per heavy atom. The van der Waals surface area contributed by atoms with E-state index >= 15 is 0 Å². The van der Waals surface area contributed by atoms with Gasteiger partial charge in [0.1, 0.15) is 0 Å². The van der Waals surface area contributed by atoms with Gasteiger partial charge in [-0.1, -0.05) is 60.7 Å². The van der Waals surface area contributed by atoms with Gasteiger partial charge in [0.15, 0.2) is 0 Å². The number of carbonyl (C=O) groups is 1. The fourth-order valence-corrected chi connectivity index (χ4v) is 2.87. The number of carbonyl (C=O) groups excluding carboxylic acids is 1. The smallest absolute Gasteiger partial charge is 0.343 e. The first-order chi connectivity index (χ1) is 12.1. The lowest BCUT2D eigenvalue weighted by molar-refractivity contribution is -0.154. The maximum absolute atomic E-state index is 13.2. The van der Waals surface area contributed by atoms with Gasteiger partial charge in [-0.3, -0.25) is 0 Å². The summed E-state index contributed by atoms with van der Waals surface area (Å²) < 4.78 is 17.6. The predicted molar refractivity (Wildman–Crippen MR) is 97.8 cm³/mol. The van der Waals surface area contributed by atoms with Gasteiger partial charge in [0.05, 0.1) is 7.11 Å². The van der Waals surface area contributed by atoms with Crippen LogP contribution >= 0.6 is 0 Å². The van der Waals surface area contributed by atoms with E-state index in [4.69, 9.17) is 0 Å². The van der Waals surface area contributed by atoms with Gasteiger partial charge in [-0.25, -0.2) is 9.18 Å². The summed E-state index contributed by atoms with van der Waals surface area (Å²) >= 11 is 0. The maximum atomic E-state index is 13.2. The summed E-state index contributed by atoms with van der Waals surface area (Å²) in [5.41, 5.74) is 0.997. The minimum atomic E-state index is -1.66. The van der Waals surface area contributed by atoms with Crippen molar-refractivity contribution in [1.29, 1.82) is 0 Å². The highest BCUT2D eigenvalue weighted by Crippen LogP contribution is 2.34. The van der Waals surface area contributed by atoms with E-state index < -0.39 is 11.6 Å². The van der Waals surface area contributed by atoms with Crippen molar-refractivity contribution in [3.63, 3.8) is 0 Å². The van der Waals surface area contributed by atoms with Crippen LogP contribution in [0.3, 0.4) is 0 Å².